The molecule has 2 aromatic carbocycles. The van der Waals surface area contributed by atoms with Gasteiger partial charge in [-0.15, -0.1) is 0 Å². The van der Waals surface area contributed by atoms with Crippen molar-refractivity contribution in [1.29, 1.82) is 0 Å². The maximum atomic E-state index is 13.1. The summed E-state index contributed by atoms with van der Waals surface area (Å²) in [6, 6.07) is 8.80. The van der Waals surface area contributed by atoms with Crippen LogP contribution in [0.3, 0.4) is 0 Å². The van der Waals surface area contributed by atoms with E-state index in [1.807, 2.05) is 0 Å². The minimum absolute atomic E-state index is 0.0552. The lowest BCUT2D eigenvalue weighted by molar-refractivity contribution is -0.136. The van der Waals surface area contributed by atoms with Gasteiger partial charge in [-0.05, 0) is 57.2 Å². The molecule has 8 heteroatoms. The average molecular weight is 399 g/mol. The van der Waals surface area contributed by atoms with E-state index in [0.717, 1.165) is 12.1 Å². The Hall–Kier alpha value is -2.54. The molecule has 0 spiro atoms. The fourth-order valence-electron chi connectivity index (χ4n) is 2.27. The predicted molar refractivity (Wildman–Crippen MR) is 98.1 cm³/mol. The Morgan fingerprint density at radius 3 is 2.07 bits per heavy atom. The zero-order valence-corrected chi connectivity index (χ0v) is 15.6. The Morgan fingerprint density at radius 2 is 1.52 bits per heavy atom. The van der Waals surface area contributed by atoms with E-state index in [0.29, 0.717) is 0 Å². The number of carbonyl (C=O) groups is 2. The summed E-state index contributed by atoms with van der Waals surface area (Å²) in [4.78, 5) is 24.6. The van der Waals surface area contributed by atoms with Gasteiger partial charge in [-0.2, -0.15) is 13.2 Å². The molecular weight excluding hydrogens is 381 g/mol. The summed E-state index contributed by atoms with van der Waals surface area (Å²) >= 11 is 5.63. The zero-order valence-electron chi connectivity index (χ0n) is 14.9. The smallest absolute Gasteiger partial charge is 0.347 e. The van der Waals surface area contributed by atoms with E-state index in [1.165, 1.54) is 30.3 Å². The van der Waals surface area contributed by atoms with Gasteiger partial charge in [0.15, 0.2) is 0 Å². The van der Waals surface area contributed by atoms with Gasteiger partial charge in [0.1, 0.15) is 0 Å². The van der Waals surface area contributed by atoms with Gasteiger partial charge in [-0.3, -0.25) is 9.59 Å². The Labute approximate surface area is 159 Å². The van der Waals surface area contributed by atoms with Crippen LogP contribution in [0.4, 0.5) is 18.9 Å². The SMILES string of the molecule is CC(C)(C)NC(=O)c1cccc(C(=O)Nc2ccc(Cl)cc2C(F)(F)F)c1. The van der Waals surface area contributed by atoms with E-state index in [1.54, 1.807) is 20.8 Å². The highest BCUT2D eigenvalue weighted by atomic mass is 35.5. The van der Waals surface area contributed by atoms with Crippen molar-refractivity contribution in [2.45, 2.75) is 32.5 Å². The molecule has 0 aromatic heterocycles. The fraction of sp³-hybridized carbons (Fsp3) is 0.263. The van der Waals surface area contributed by atoms with Crippen LogP contribution >= 0.6 is 11.6 Å². The monoisotopic (exact) mass is 398 g/mol. The number of carbonyl (C=O) groups excluding carboxylic acids is 2. The van der Waals surface area contributed by atoms with Gasteiger partial charge < -0.3 is 10.6 Å². The van der Waals surface area contributed by atoms with Gasteiger partial charge in [0.2, 0.25) is 0 Å². The van der Waals surface area contributed by atoms with Crippen molar-refractivity contribution < 1.29 is 22.8 Å². The summed E-state index contributed by atoms with van der Waals surface area (Å²) in [5.41, 5.74) is -1.66. The Kier molecular flexibility index (Phi) is 5.85. The number of hydrogen-bond acceptors (Lipinski definition) is 2. The summed E-state index contributed by atoms with van der Waals surface area (Å²) in [5, 5.41) is 4.88. The van der Waals surface area contributed by atoms with Crippen LogP contribution in [0.2, 0.25) is 5.02 Å². The maximum absolute atomic E-state index is 13.1. The first-order valence-electron chi connectivity index (χ1n) is 7.97. The molecule has 0 atom stereocenters. The molecule has 0 aliphatic heterocycles. The third kappa shape index (κ3) is 5.72. The molecule has 0 heterocycles. The molecule has 144 valence electrons. The Balaban J connectivity index is 2.28. The molecule has 0 fully saturated rings. The van der Waals surface area contributed by atoms with Crippen molar-refractivity contribution in [2.24, 2.45) is 0 Å². The summed E-state index contributed by atoms with van der Waals surface area (Å²) < 4.78 is 39.4. The van der Waals surface area contributed by atoms with Gasteiger partial charge in [-0.1, -0.05) is 17.7 Å². The highest BCUT2D eigenvalue weighted by molar-refractivity contribution is 6.30. The summed E-state index contributed by atoms with van der Waals surface area (Å²) in [6.45, 7) is 5.42. The molecule has 0 saturated heterocycles. The summed E-state index contributed by atoms with van der Waals surface area (Å²) in [5.74, 6) is -1.16. The molecule has 2 N–H and O–H groups in total. The molecule has 2 amide bonds. The molecule has 0 bridgehead atoms. The minimum Gasteiger partial charge on any atom is -0.347 e. The molecule has 2 rings (SSSR count). The lowest BCUT2D eigenvalue weighted by atomic mass is 10.1. The number of rotatable bonds is 3. The summed E-state index contributed by atoms with van der Waals surface area (Å²) in [6.07, 6.45) is -4.68. The van der Waals surface area contributed by atoms with Crippen LogP contribution in [0.5, 0.6) is 0 Å². The van der Waals surface area contributed by atoms with Crippen molar-refractivity contribution in [3.63, 3.8) is 0 Å². The zero-order chi connectivity index (χ0) is 20.4. The lowest BCUT2D eigenvalue weighted by Crippen LogP contribution is -2.40. The van der Waals surface area contributed by atoms with Crippen LogP contribution in [0.25, 0.3) is 0 Å². The molecule has 27 heavy (non-hydrogen) atoms. The molecule has 2 aromatic rings. The van der Waals surface area contributed by atoms with E-state index in [4.69, 9.17) is 11.6 Å². The van der Waals surface area contributed by atoms with Gasteiger partial charge in [-0.25, -0.2) is 0 Å². The first-order chi connectivity index (χ1) is 12.4. The Bertz CT molecular complexity index is 874. The van der Waals surface area contributed by atoms with Crippen LogP contribution in [-0.2, 0) is 6.18 Å². The van der Waals surface area contributed by atoms with Crippen LogP contribution in [-0.4, -0.2) is 17.4 Å². The van der Waals surface area contributed by atoms with Crippen molar-refractivity contribution in [3.05, 3.63) is 64.2 Å². The van der Waals surface area contributed by atoms with Gasteiger partial charge in [0, 0.05) is 21.7 Å². The minimum atomic E-state index is -4.68. The van der Waals surface area contributed by atoms with Crippen molar-refractivity contribution in [3.8, 4) is 0 Å². The Morgan fingerprint density at radius 1 is 0.926 bits per heavy atom. The van der Waals surface area contributed by atoms with Crippen LogP contribution < -0.4 is 10.6 Å². The number of nitrogens with one attached hydrogen (secondary N) is 2. The number of anilines is 1. The van der Waals surface area contributed by atoms with Gasteiger partial charge >= 0.3 is 6.18 Å². The molecular formula is C19H18ClF3N2O2. The molecule has 0 radical (unpaired) electrons. The maximum Gasteiger partial charge on any atom is 0.418 e. The van der Waals surface area contributed by atoms with Crippen molar-refractivity contribution >= 4 is 29.1 Å². The third-order valence-electron chi connectivity index (χ3n) is 3.41. The molecule has 0 aliphatic rings. The first kappa shape index (κ1) is 20.8. The van der Waals surface area contributed by atoms with E-state index in [2.05, 4.69) is 10.6 Å². The topological polar surface area (TPSA) is 58.2 Å². The number of amides is 2. The standard InChI is InChI=1S/C19H18ClF3N2O2/c1-18(2,3)25-17(27)12-6-4-5-11(9-12)16(26)24-15-8-7-13(20)10-14(15)19(21,22)23/h4-10H,1-3H3,(H,24,26)(H,25,27). The number of alkyl halides is 3. The van der Waals surface area contributed by atoms with Gasteiger partial charge in [0.25, 0.3) is 11.8 Å². The van der Waals surface area contributed by atoms with E-state index in [9.17, 15) is 22.8 Å². The first-order valence-corrected chi connectivity index (χ1v) is 8.35. The largest absolute Gasteiger partial charge is 0.418 e. The highest BCUT2D eigenvalue weighted by Crippen LogP contribution is 2.36. The molecule has 4 nitrogen and oxygen atoms in total. The van der Waals surface area contributed by atoms with Crippen LogP contribution in [0, 0.1) is 0 Å². The molecule has 0 unspecified atom stereocenters. The third-order valence-corrected chi connectivity index (χ3v) is 3.65. The van der Waals surface area contributed by atoms with E-state index in [-0.39, 0.29) is 22.1 Å². The lowest BCUT2D eigenvalue weighted by Gasteiger charge is -2.20. The normalized spacial score (nSPS) is 11.8. The second-order valence-corrected chi connectivity index (χ2v) is 7.36. The molecule has 0 saturated carbocycles. The number of benzene rings is 2. The second kappa shape index (κ2) is 7.60. The number of hydrogen-bond donors (Lipinski definition) is 2. The fourth-order valence-corrected chi connectivity index (χ4v) is 2.44. The average Bonchev–Trinajstić information content (AvgIpc) is 2.54. The number of halogens is 4. The van der Waals surface area contributed by atoms with Crippen molar-refractivity contribution in [1.82, 2.24) is 5.32 Å². The predicted octanol–water partition coefficient (Wildman–Crippen LogP) is 5.14. The van der Waals surface area contributed by atoms with Crippen LogP contribution in [0.1, 0.15) is 47.1 Å². The molecule has 0 aliphatic carbocycles. The summed E-state index contributed by atoms with van der Waals surface area (Å²) in [7, 11) is 0. The van der Waals surface area contributed by atoms with Crippen LogP contribution in [0.15, 0.2) is 42.5 Å². The van der Waals surface area contributed by atoms with E-state index >= 15 is 0 Å². The second-order valence-electron chi connectivity index (χ2n) is 6.93. The van der Waals surface area contributed by atoms with Gasteiger partial charge in [0.05, 0.1) is 11.3 Å². The highest BCUT2D eigenvalue weighted by Gasteiger charge is 2.34. The van der Waals surface area contributed by atoms with E-state index < -0.39 is 28.9 Å². The quantitative estimate of drug-likeness (QED) is 0.752. The van der Waals surface area contributed by atoms with Crippen molar-refractivity contribution in [2.75, 3.05) is 5.32 Å².